The van der Waals surface area contributed by atoms with Crippen molar-refractivity contribution in [3.63, 3.8) is 0 Å². The molecule has 1 fully saturated rings. The van der Waals surface area contributed by atoms with E-state index in [1.165, 1.54) is 0 Å². The Bertz CT molecular complexity index is 794. The van der Waals surface area contributed by atoms with E-state index in [2.05, 4.69) is 5.32 Å². The number of esters is 2. The fourth-order valence-electron chi connectivity index (χ4n) is 3.65. The third-order valence-corrected chi connectivity index (χ3v) is 5.35. The maximum absolute atomic E-state index is 12.8. The molecule has 176 valence electrons. The van der Waals surface area contributed by atoms with E-state index in [1.807, 2.05) is 35.2 Å². The lowest BCUT2D eigenvalue weighted by Gasteiger charge is -2.42. The number of piperidine rings is 1. The van der Waals surface area contributed by atoms with Gasteiger partial charge in [-0.2, -0.15) is 0 Å². The molecule has 10 nitrogen and oxygen atoms in total. The molecule has 2 rings (SSSR count). The summed E-state index contributed by atoms with van der Waals surface area (Å²) in [6.07, 6.45) is 0.203. The van der Waals surface area contributed by atoms with Crippen LogP contribution in [-0.2, 0) is 35.0 Å². The second-order valence-electron chi connectivity index (χ2n) is 7.72. The van der Waals surface area contributed by atoms with Gasteiger partial charge in [0.25, 0.3) is 0 Å². The van der Waals surface area contributed by atoms with E-state index in [4.69, 9.17) is 19.9 Å². The van der Waals surface area contributed by atoms with Crippen molar-refractivity contribution in [2.75, 3.05) is 32.8 Å². The number of amides is 2. The second kappa shape index (κ2) is 12.2. The number of nitrogens with one attached hydrogen (secondary N) is 1. The van der Waals surface area contributed by atoms with E-state index < -0.39 is 29.5 Å². The van der Waals surface area contributed by atoms with Gasteiger partial charge in [-0.05, 0) is 32.3 Å². The quantitative estimate of drug-likeness (QED) is 0.395. The van der Waals surface area contributed by atoms with E-state index in [9.17, 15) is 19.2 Å². The number of benzene rings is 1. The monoisotopic (exact) mass is 449 g/mol. The molecule has 1 aliphatic heterocycles. The van der Waals surface area contributed by atoms with Crippen molar-refractivity contribution in [2.24, 2.45) is 5.73 Å². The van der Waals surface area contributed by atoms with Gasteiger partial charge in [0.2, 0.25) is 5.91 Å². The molecular formula is C22H31N3O7. The van der Waals surface area contributed by atoms with Crippen LogP contribution in [0.15, 0.2) is 30.3 Å². The number of primary amides is 1. The van der Waals surface area contributed by atoms with Gasteiger partial charge in [0.05, 0.1) is 12.7 Å². The Morgan fingerprint density at radius 3 is 2.41 bits per heavy atom. The molecule has 0 saturated carbocycles. The topological polar surface area (TPSA) is 137 Å². The van der Waals surface area contributed by atoms with Crippen LogP contribution in [0.25, 0.3) is 0 Å². The van der Waals surface area contributed by atoms with Gasteiger partial charge >= 0.3 is 18.0 Å². The van der Waals surface area contributed by atoms with Crippen molar-refractivity contribution < 1.29 is 33.4 Å². The van der Waals surface area contributed by atoms with Gasteiger partial charge in [-0.1, -0.05) is 30.3 Å². The molecule has 1 saturated heterocycles. The van der Waals surface area contributed by atoms with E-state index in [-0.39, 0.29) is 25.9 Å². The third-order valence-electron chi connectivity index (χ3n) is 5.35. The number of hydrogen-bond acceptors (Lipinski definition) is 8. The summed E-state index contributed by atoms with van der Waals surface area (Å²) < 4.78 is 15.2. The van der Waals surface area contributed by atoms with Gasteiger partial charge in [0.15, 0.2) is 0 Å². The molecule has 1 heterocycles. The molecule has 1 aliphatic rings. The van der Waals surface area contributed by atoms with Crippen molar-refractivity contribution in [1.29, 1.82) is 0 Å². The Labute approximate surface area is 187 Å². The Kier molecular flexibility index (Phi) is 9.61. The molecule has 0 unspecified atom stereocenters. The summed E-state index contributed by atoms with van der Waals surface area (Å²) in [5.41, 5.74) is 4.91. The minimum absolute atomic E-state index is 0.172. The van der Waals surface area contributed by atoms with E-state index >= 15 is 0 Å². The number of ether oxygens (including phenoxy) is 3. The predicted molar refractivity (Wildman–Crippen MR) is 114 cm³/mol. The molecule has 0 bridgehead atoms. The normalized spacial score (nSPS) is 16.6. The summed E-state index contributed by atoms with van der Waals surface area (Å²) in [5, 5.41) is 2.45. The molecule has 0 spiro atoms. The van der Waals surface area contributed by atoms with Crippen LogP contribution in [0, 0.1) is 0 Å². The van der Waals surface area contributed by atoms with Crippen LogP contribution in [0.3, 0.4) is 0 Å². The summed E-state index contributed by atoms with van der Waals surface area (Å²) in [6, 6.07) is 9.44. The average molecular weight is 450 g/mol. The number of likely N-dealkylation sites (tertiary alicyclic amines) is 1. The van der Waals surface area contributed by atoms with Crippen LogP contribution in [-0.4, -0.2) is 73.3 Å². The maximum atomic E-state index is 12.8. The molecule has 32 heavy (non-hydrogen) atoms. The molecule has 0 aliphatic carbocycles. The number of nitrogens with two attached hydrogens (primary N) is 1. The van der Waals surface area contributed by atoms with Crippen molar-refractivity contribution in [3.8, 4) is 0 Å². The molecule has 1 aromatic carbocycles. The molecule has 3 N–H and O–H groups in total. The number of carbonyl (C=O) groups is 4. The summed E-state index contributed by atoms with van der Waals surface area (Å²) in [5.74, 6) is -1.61. The second-order valence-corrected chi connectivity index (χ2v) is 7.72. The van der Waals surface area contributed by atoms with Gasteiger partial charge in [-0.25, -0.2) is 9.59 Å². The molecule has 0 aromatic heterocycles. The molecule has 10 heteroatoms. The van der Waals surface area contributed by atoms with E-state index in [0.29, 0.717) is 32.4 Å². The van der Waals surface area contributed by atoms with Crippen molar-refractivity contribution in [3.05, 3.63) is 35.9 Å². The highest BCUT2D eigenvalue weighted by Gasteiger charge is 2.43. The first-order valence-corrected chi connectivity index (χ1v) is 10.6. The van der Waals surface area contributed by atoms with Crippen LogP contribution >= 0.6 is 0 Å². The first-order valence-electron chi connectivity index (χ1n) is 10.6. The Balaban J connectivity index is 1.90. The predicted octanol–water partition coefficient (Wildman–Crippen LogP) is 0.770. The molecule has 1 atom stereocenters. The molecule has 2 amide bonds. The van der Waals surface area contributed by atoms with Crippen LogP contribution in [0.5, 0.6) is 0 Å². The van der Waals surface area contributed by atoms with Crippen molar-refractivity contribution in [2.45, 2.75) is 44.8 Å². The minimum Gasteiger partial charge on any atom is -0.465 e. The number of carbonyl (C=O) groups excluding carboxylic acids is 4. The summed E-state index contributed by atoms with van der Waals surface area (Å²) in [6.45, 7) is 4.31. The Morgan fingerprint density at radius 2 is 1.81 bits per heavy atom. The maximum Gasteiger partial charge on any atom is 0.412 e. The largest absolute Gasteiger partial charge is 0.465 e. The van der Waals surface area contributed by atoms with Crippen LogP contribution in [0.2, 0.25) is 0 Å². The zero-order valence-electron chi connectivity index (χ0n) is 18.5. The Hall–Kier alpha value is -2.98. The SMILES string of the molecule is CCOC(=O)CNC(=O)COC1CCN([C@@](C)(Cc2ccccc2)C(=O)OC(N)=O)CC1. The molecule has 1 aromatic rings. The highest BCUT2D eigenvalue weighted by atomic mass is 16.6. The first-order chi connectivity index (χ1) is 15.2. The van der Waals surface area contributed by atoms with Crippen LogP contribution in [0.4, 0.5) is 4.79 Å². The average Bonchev–Trinajstić information content (AvgIpc) is 2.77. The van der Waals surface area contributed by atoms with Gasteiger partial charge in [0.1, 0.15) is 18.7 Å². The smallest absolute Gasteiger partial charge is 0.412 e. The standard InChI is InChI=1S/C22H31N3O7/c1-3-30-19(27)14-24-18(26)15-31-17-9-11-25(12-10-17)22(2,20(28)32-21(23)29)13-16-7-5-4-6-8-16/h4-8,17H,3,9-15H2,1-2H3,(H2,23,29)(H,24,26)/t22-/m0/s1. The van der Waals surface area contributed by atoms with Gasteiger partial charge in [-0.3, -0.25) is 14.5 Å². The fraction of sp³-hybridized carbons (Fsp3) is 0.545. The van der Waals surface area contributed by atoms with Gasteiger partial charge in [0, 0.05) is 19.5 Å². The lowest BCUT2D eigenvalue weighted by atomic mass is 9.88. The zero-order chi connectivity index (χ0) is 23.6. The number of rotatable bonds is 10. The summed E-state index contributed by atoms with van der Waals surface area (Å²) >= 11 is 0. The molecular weight excluding hydrogens is 418 g/mol. The fourth-order valence-corrected chi connectivity index (χ4v) is 3.65. The first kappa shape index (κ1) is 25.3. The highest BCUT2D eigenvalue weighted by molar-refractivity contribution is 5.90. The summed E-state index contributed by atoms with van der Waals surface area (Å²) in [7, 11) is 0. The minimum atomic E-state index is -1.14. The van der Waals surface area contributed by atoms with Crippen LogP contribution < -0.4 is 11.1 Å². The summed E-state index contributed by atoms with van der Waals surface area (Å²) in [4.78, 5) is 49.1. The zero-order valence-corrected chi connectivity index (χ0v) is 18.5. The molecule has 0 radical (unpaired) electrons. The van der Waals surface area contributed by atoms with Crippen molar-refractivity contribution >= 4 is 23.9 Å². The number of hydrogen-bond donors (Lipinski definition) is 2. The highest BCUT2D eigenvalue weighted by Crippen LogP contribution is 2.27. The third kappa shape index (κ3) is 7.61. The van der Waals surface area contributed by atoms with E-state index in [0.717, 1.165) is 5.56 Å². The number of nitrogens with zero attached hydrogens (tertiary/aromatic N) is 1. The lowest BCUT2D eigenvalue weighted by molar-refractivity contribution is -0.153. The lowest BCUT2D eigenvalue weighted by Crippen LogP contribution is -2.58. The van der Waals surface area contributed by atoms with Gasteiger partial charge in [-0.15, -0.1) is 0 Å². The van der Waals surface area contributed by atoms with Crippen LogP contribution in [0.1, 0.15) is 32.3 Å². The Morgan fingerprint density at radius 1 is 1.16 bits per heavy atom. The van der Waals surface area contributed by atoms with Crippen molar-refractivity contribution in [1.82, 2.24) is 10.2 Å². The van der Waals surface area contributed by atoms with Gasteiger partial charge < -0.3 is 25.3 Å². The van der Waals surface area contributed by atoms with E-state index in [1.54, 1.807) is 13.8 Å².